The summed E-state index contributed by atoms with van der Waals surface area (Å²) in [5, 5.41) is 2.94. The highest BCUT2D eigenvalue weighted by molar-refractivity contribution is 5.81. The molecular weight excluding hydrogens is 306 g/mol. The van der Waals surface area contributed by atoms with E-state index in [9.17, 15) is 4.79 Å². The highest BCUT2D eigenvalue weighted by Crippen LogP contribution is 2.26. The molecule has 1 fully saturated rings. The smallest absolute Gasteiger partial charge is 0.261 e. The molecule has 1 aromatic carbocycles. The molecule has 0 radical (unpaired) electrons. The zero-order valence-corrected chi connectivity index (χ0v) is 14.2. The Hall–Kier alpha value is -1.67. The predicted octanol–water partition coefficient (Wildman–Crippen LogP) is 0.672. The van der Waals surface area contributed by atoms with Crippen molar-refractivity contribution in [2.24, 2.45) is 0 Å². The second-order valence-electron chi connectivity index (χ2n) is 6.32. The van der Waals surface area contributed by atoms with E-state index in [-0.39, 0.29) is 12.1 Å². The molecule has 1 amide bonds. The molecule has 5 N–H and O–H groups in total. The van der Waals surface area contributed by atoms with Gasteiger partial charge in [0.15, 0.2) is 6.10 Å². The van der Waals surface area contributed by atoms with Crippen molar-refractivity contribution in [3.05, 3.63) is 29.3 Å². The number of carbonyl (C=O) groups is 1. The van der Waals surface area contributed by atoms with Gasteiger partial charge in [-0.2, -0.15) is 11.1 Å². The Labute approximate surface area is 142 Å². The summed E-state index contributed by atoms with van der Waals surface area (Å²) in [5.41, 5.74) is 14.3. The van der Waals surface area contributed by atoms with Crippen LogP contribution in [0.5, 0.6) is 5.75 Å². The quantitative estimate of drug-likeness (QED) is 0.504. The van der Waals surface area contributed by atoms with Gasteiger partial charge in [0.2, 0.25) is 0 Å². The molecular formula is C17H27N5O2. The molecule has 0 spiro atoms. The largest absolute Gasteiger partial charge is 0.481 e. The SMILES string of the molecule is CCC(Oc1ccc2c(c1)CCCC2)C(=O)NCCC1NNNN1. The van der Waals surface area contributed by atoms with Gasteiger partial charge >= 0.3 is 0 Å². The van der Waals surface area contributed by atoms with Crippen LogP contribution >= 0.6 is 0 Å². The van der Waals surface area contributed by atoms with Gasteiger partial charge in [0.25, 0.3) is 5.91 Å². The standard InChI is InChI=1S/C17H27N5O2/c1-2-15(17(23)18-10-9-16-19-21-22-20-16)24-14-8-7-12-5-3-4-6-13(12)11-14/h7-8,11,15-16,19-22H,2-6,9-10H2,1H3,(H,18,23). The van der Waals surface area contributed by atoms with Gasteiger partial charge in [0, 0.05) is 6.54 Å². The summed E-state index contributed by atoms with van der Waals surface area (Å²) < 4.78 is 5.95. The number of rotatable bonds is 7. The molecule has 0 bridgehead atoms. The van der Waals surface area contributed by atoms with Crippen LogP contribution in [-0.4, -0.2) is 24.7 Å². The number of amides is 1. The summed E-state index contributed by atoms with van der Waals surface area (Å²) in [6, 6.07) is 6.24. The Morgan fingerprint density at radius 1 is 1.25 bits per heavy atom. The zero-order valence-electron chi connectivity index (χ0n) is 14.2. The normalized spacial score (nSPS) is 18.9. The number of hydrogen-bond acceptors (Lipinski definition) is 6. The topological polar surface area (TPSA) is 86.5 Å². The van der Waals surface area contributed by atoms with Crippen molar-refractivity contribution >= 4 is 5.91 Å². The molecule has 1 aliphatic carbocycles. The highest BCUT2D eigenvalue weighted by Gasteiger charge is 2.20. The van der Waals surface area contributed by atoms with Crippen LogP contribution in [-0.2, 0) is 17.6 Å². The third-order valence-electron chi connectivity index (χ3n) is 4.55. The number of hydrogen-bond donors (Lipinski definition) is 5. The maximum Gasteiger partial charge on any atom is 0.261 e. The number of hydrazine groups is 3. The van der Waals surface area contributed by atoms with Crippen molar-refractivity contribution in [3.63, 3.8) is 0 Å². The fourth-order valence-electron chi connectivity index (χ4n) is 3.15. The van der Waals surface area contributed by atoms with Crippen LogP contribution in [0.3, 0.4) is 0 Å². The summed E-state index contributed by atoms with van der Waals surface area (Å²) >= 11 is 0. The Kier molecular flexibility index (Phi) is 6.03. The molecule has 1 aromatic rings. The van der Waals surface area contributed by atoms with Gasteiger partial charge in [0.05, 0.1) is 6.17 Å². The predicted molar refractivity (Wildman–Crippen MR) is 91.7 cm³/mol. The maximum absolute atomic E-state index is 12.3. The van der Waals surface area contributed by atoms with Gasteiger partial charge in [-0.15, -0.1) is 0 Å². The van der Waals surface area contributed by atoms with Crippen molar-refractivity contribution in [3.8, 4) is 5.75 Å². The molecule has 2 aliphatic rings. The van der Waals surface area contributed by atoms with Crippen LogP contribution in [0.4, 0.5) is 0 Å². The first-order valence-corrected chi connectivity index (χ1v) is 8.83. The monoisotopic (exact) mass is 333 g/mol. The highest BCUT2D eigenvalue weighted by atomic mass is 16.5. The van der Waals surface area contributed by atoms with Gasteiger partial charge in [-0.1, -0.05) is 13.0 Å². The first-order valence-electron chi connectivity index (χ1n) is 8.83. The molecule has 1 unspecified atom stereocenters. The van der Waals surface area contributed by atoms with Crippen molar-refractivity contribution in [1.29, 1.82) is 0 Å². The molecule has 1 saturated heterocycles. The van der Waals surface area contributed by atoms with E-state index in [2.05, 4.69) is 39.4 Å². The number of nitrogens with one attached hydrogen (secondary N) is 5. The number of carbonyl (C=O) groups excluding carboxylic acids is 1. The maximum atomic E-state index is 12.3. The third kappa shape index (κ3) is 4.45. The van der Waals surface area contributed by atoms with Gasteiger partial charge < -0.3 is 10.1 Å². The van der Waals surface area contributed by atoms with Crippen LogP contribution in [0.2, 0.25) is 0 Å². The lowest BCUT2D eigenvalue weighted by atomic mass is 9.92. The van der Waals surface area contributed by atoms with Crippen LogP contribution < -0.4 is 32.0 Å². The molecule has 1 aliphatic heterocycles. The molecule has 24 heavy (non-hydrogen) atoms. The van der Waals surface area contributed by atoms with Crippen LogP contribution in [0.15, 0.2) is 18.2 Å². The molecule has 0 aromatic heterocycles. The summed E-state index contributed by atoms with van der Waals surface area (Å²) in [4.78, 5) is 12.3. The summed E-state index contributed by atoms with van der Waals surface area (Å²) in [7, 11) is 0. The average Bonchev–Trinajstić information content (AvgIpc) is 3.13. The molecule has 7 heteroatoms. The van der Waals surface area contributed by atoms with E-state index in [1.165, 1.54) is 24.0 Å². The number of ether oxygens (including phenoxy) is 1. The van der Waals surface area contributed by atoms with E-state index in [1.54, 1.807) is 0 Å². The molecule has 1 heterocycles. The lowest BCUT2D eigenvalue weighted by molar-refractivity contribution is -0.128. The van der Waals surface area contributed by atoms with Gasteiger partial charge in [-0.25, -0.2) is 10.9 Å². The van der Waals surface area contributed by atoms with E-state index >= 15 is 0 Å². The minimum Gasteiger partial charge on any atom is -0.481 e. The van der Waals surface area contributed by atoms with E-state index in [1.807, 2.05) is 13.0 Å². The minimum atomic E-state index is -0.451. The van der Waals surface area contributed by atoms with Crippen LogP contribution in [0.25, 0.3) is 0 Å². The lowest BCUT2D eigenvalue weighted by Crippen LogP contribution is -2.42. The number of aryl methyl sites for hydroxylation is 2. The van der Waals surface area contributed by atoms with E-state index < -0.39 is 6.10 Å². The van der Waals surface area contributed by atoms with Gasteiger partial charge in [-0.3, -0.25) is 4.79 Å². The third-order valence-corrected chi connectivity index (χ3v) is 4.55. The van der Waals surface area contributed by atoms with Crippen LogP contribution in [0, 0.1) is 0 Å². The number of fused-ring (bicyclic) bond motifs is 1. The molecule has 0 saturated carbocycles. The summed E-state index contributed by atoms with van der Waals surface area (Å²) in [6.07, 6.45) is 5.82. The van der Waals surface area contributed by atoms with Crippen molar-refractivity contribution in [1.82, 2.24) is 27.2 Å². The first-order chi connectivity index (χ1) is 11.8. The minimum absolute atomic E-state index is 0.0610. The van der Waals surface area contributed by atoms with Gasteiger partial charge in [-0.05, 0) is 61.8 Å². The Balaban J connectivity index is 1.50. The van der Waals surface area contributed by atoms with Crippen molar-refractivity contribution in [2.45, 2.75) is 57.7 Å². The van der Waals surface area contributed by atoms with E-state index in [0.29, 0.717) is 13.0 Å². The zero-order chi connectivity index (χ0) is 16.8. The fourth-order valence-corrected chi connectivity index (χ4v) is 3.15. The van der Waals surface area contributed by atoms with Crippen LogP contribution in [0.1, 0.15) is 43.7 Å². The number of benzene rings is 1. The second kappa shape index (κ2) is 8.43. The lowest BCUT2D eigenvalue weighted by Gasteiger charge is -2.20. The summed E-state index contributed by atoms with van der Waals surface area (Å²) in [5.74, 6) is 0.735. The van der Waals surface area contributed by atoms with Crippen molar-refractivity contribution < 1.29 is 9.53 Å². The van der Waals surface area contributed by atoms with E-state index in [4.69, 9.17) is 4.74 Å². The fraction of sp³-hybridized carbons (Fsp3) is 0.588. The molecule has 3 rings (SSSR count). The van der Waals surface area contributed by atoms with E-state index in [0.717, 1.165) is 25.0 Å². The Bertz CT molecular complexity index is 560. The molecule has 1 atom stereocenters. The van der Waals surface area contributed by atoms with Gasteiger partial charge in [0.1, 0.15) is 5.75 Å². The first kappa shape index (κ1) is 17.2. The average molecular weight is 333 g/mol. The molecule has 7 nitrogen and oxygen atoms in total. The van der Waals surface area contributed by atoms with Crippen molar-refractivity contribution in [2.75, 3.05) is 6.54 Å². The Morgan fingerprint density at radius 3 is 2.75 bits per heavy atom. The Morgan fingerprint density at radius 2 is 2.00 bits per heavy atom. The second-order valence-corrected chi connectivity index (χ2v) is 6.32. The summed E-state index contributed by atoms with van der Waals surface area (Å²) in [6.45, 7) is 2.55. The molecule has 132 valence electrons.